The Kier molecular flexibility index (Phi) is 5.60. The minimum atomic E-state index is -3.67. The van der Waals surface area contributed by atoms with Gasteiger partial charge in [0.05, 0.1) is 18.3 Å². The van der Waals surface area contributed by atoms with Crippen molar-refractivity contribution in [2.75, 3.05) is 38.0 Å². The maximum absolute atomic E-state index is 13.1. The molecule has 0 aliphatic carbocycles. The maximum atomic E-state index is 13.1. The summed E-state index contributed by atoms with van der Waals surface area (Å²) in [5.74, 6) is -0.116. The molecular formula is C22H21N5O3S2. The molecule has 32 heavy (non-hydrogen) atoms. The molecule has 0 radical (unpaired) electrons. The van der Waals surface area contributed by atoms with Crippen LogP contribution in [0.2, 0.25) is 0 Å². The van der Waals surface area contributed by atoms with Crippen molar-refractivity contribution in [1.82, 2.24) is 18.0 Å². The van der Waals surface area contributed by atoms with Crippen molar-refractivity contribution in [3.63, 3.8) is 0 Å². The number of carbonyl (C=O) groups excluding carboxylic acids is 1. The second-order valence-corrected chi connectivity index (χ2v) is 10.1. The van der Waals surface area contributed by atoms with E-state index in [1.54, 1.807) is 18.2 Å². The van der Waals surface area contributed by atoms with Crippen LogP contribution in [0.4, 0.5) is 5.69 Å². The molecule has 1 aromatic heterocycles. The van der Waals surface area contributed by atoms with Crippen LogP contribution in [0.15, 0.2) is 65.6 Å². The van der Waals surface area contributed by atoms with Gasteiger partial charge in [0.1, 0.15) is 15.9 Å². The van der Waals surface area contributed by atoms with Gasteiger partial charge in [-0.15, -0.1) is 0 Å². The lowest BCUT2D eigenvalue weighted by Gasteiger charge is -2.33. The highest BCUT2D eigenvalue weighted by atomic mass is 32.2. The van der Waals surface area contributed by atoms with E-state index in [0.717, 1.165) is 28.2 Å². The Morgan fingerprint density at radius 2 is 1.72 bits per heavy atom. The molecule has 3 aromatic carbocycles. The zero-order chi connectivity index (χ0) is 22.1. The number of hydrogen-bond donors (Lipinski definition) is 1. The predicted molar refractivity (Wildman–Crippen MR) is 125 cm³/mol. The van der Waals surface area contributed by atoms with E-state index >= 15 is 0 Å². The zero-order valence-electron chi connectivity index (χ0n) is 17.1. The van der Waals surface area contributed by atoms with Gasteiger partial charge in [-0.05, 0) is 35.0 Å². The molecule has 0 bridgehead atoms. The van der Waals surface area contributed by atoms with E-state index in [9.17, 15) is 13.2 Å². The summed E-state index contributed by atoms with van der Waals surface area (Å²) in [6, 6.07) is 18.8. The number of hydrogen-bond acceptors (Lipinski definition) is 7. The normalized spacial score (nSPS) is 15.9. The van der Waals surface area contributed by atoms with Crippen LogP contribution in [0.3, 0.4) is 0 Å². The number of benzene rings is 3. The van der Waals surface area contributed by atoms with E-state index < -0.39 is 10.0 Å². The predicted octanol–water partition coefficient (Wildman–Crippen LogP) is 2.79. The molecular weight excluding hydrogens is 446 g/mol. The highest BCUT2D eigenvalue weighted by Crippen LogP contribution is 2.25. The molecule has 164 valence electrons. The fraction of sp³-hybridized carbons (Fsp3) is 0.227. The fourth-order valence-electron chi connectivity index (χ4n) is 3.93. The maximum Gasteiger partial charge on any atom is 0.245 e. The number of nitrogens with one attached hydrogen (secondary N) is 1. The van der Waals surface area contributed by atoms with Crippen LogP contribution in [0, 0.1) is 0 Å². The van der Waals surface area contributed by atoms with Gasteiger partial charge in [-0.2, -0.15) is 13.1 Å². The van der Waals surface area contributed by atoms with Gasteiger partial charge >= 0.3 is 0 Å². The van der Waals surface area contributed by atoms with Gasteiger partial charge in [-0.3, -0.25) is 9.69 Å². The van der Waals surface area contributed by atoms with Crippen molar-refractivity contribution >= 4 is 55.2 Å². The third kappa shape index (κ3) is 4.09. The summed E-state index contributed by atoms with van der Waals surface area (Å²) in [5.41, 5.74) is 1.75. The number of carbonyl (C=O) groups is 1. The van der Waals surface area contributed by atoms with Crippen molar-refractivity contribution in [3.8, 4) is 0 Å². The van der Waals surface area contributed by atoms with Gasteiger partial charge in [0.25, 0.3) is 0 Å². The summed E-state index contributed by atoms with van der Waals surface area (Å²) in [4.78, 5) is 14.7. The Bertz CT molecular complexity index is 1390. The first-order valence-corrected chi connectivity index (χ1v) is 12.4. The lowest BCUT2D eigenvalue weighted by atomic mass is 10.1. The molecule has 1 fully saturated rings. The molecule has 1 aliphatic heterocycles. The van der Waals surface area contributed by atoms with E-state index in [1.807, 2.05) is 47.4 Å². The smallest absolute Gasteiger partial charge is 0.245 e. The van der Waals surface area contributed by atoms with Crippen molar-refractivity contribution in [2.45, 2.75) is 4.90 Å². The highest BCUT2D eigenvalue weighted by Gasteiger charge is 2.31. The molecule has 0 atom stereocenters. The summed E-state index contributed by atoms with van der Waals surface area (Å²) in [7, 11) is -3.67. The SMILES string of the molecule is O=C(CN1CCN(S(=O)(=O)c2cccc3nsnc23)CC1)Nc1ccc2ccccc2c1. The summed E-state index contributed by atoms with van der Waals surface area (Å²) in [5, 5.41) is 5.12. The van der Waals surface area contributed by atoms with Crippen LogP contribution < -0.4 is 5.32 Å². The van der Waals surface area contributed by atoms with Crippen LogP contribution in [0.1, 0.15) is 0 Å². The number of nitrogens with zero attached hydrogens (tertiary/aromatic N) is 4. The van der Waals surface area contributed by atoms with Gasteiger partial charge in [0, 0.05) is 31.9 Å². The molecule has 2 heterocycles. The van der Waals surface area contributed by atoms with Crippen LogP contribution in [0.25, 0.3) is 21.8 Å². The Balaban J connectivity index is 1.21. The van der Waals surface area contributed by atoms with Gasteiger partial charge in [0.2, 0.25) is 15.9 Å². The standard InChI is InChI=1S/C22H21N5O3S2/c28-21(23-18-9-8-16-4-1-2-5-17(16)14-18)15-26-10-12-27(13-11-26)32(29,30)20-7-3-6-19-22(20)25-31-24-19/h1-9,14H,10-13,15H2,(H,23,28). The molecule has 4 aromatic rings. The minimum Gasteiger partial charge on any atom is -0.325 e. The van der Waals surface area contributed by atoms with E-state index in [2.05, 4.69) is 14.1 Å². The number of sulfonamides is 1. The monoisotopic (exact) mass is 467 g/mol. The van der Waals surface area contributed by atoms with E-state index in [4.69, 9.17) is 0 Å². The first-order chi connectivity index (χ1) is 15.5. The first kappa shape index (κ1) is 21.0. The van der Waals surface area contributed by atoms with E-state index in [-0.39, 0.29) is 17.3 Å². The number of amides is 1. The van der Waals surface area contributed by atoms with Crippen LogP contribution in [-0.4, -0.2) is 65.0 Å². The second-order valence-electron chi connectivity index (χ2n) is 7.68. The Morgan fingerprint density at radius 1 is 0.938 bits per heavy atom. The number of fused-ring (bicyclic) bond motifs is 2. The summed E-state index contributed by atoms with van der Waals surface area (Å²) in [6.07, 6.45) is 0. The van der Waals surface area contributed by atoms with Crippen molar-refractivity contribution in [1.29, 1.82) is 0 Å². The van der Waals surface area contributed by atoms with Gasteiger partial charge in [-0.1, -0.05) is 36.4 Å². The van der Waals surface area contributed by atoms with Gasteiger partial charge in [0.15, 0.2) is 0 Å². The largest absolute Gasteiger partial charge is 0.325 e. The Hall–Kier alpha value is -2.92. The molecule has 1 N–H and O–H groups in total. The fourth-order valence-corrected chi connectivity index (χ4v) is 6.10. The molecule has 1 amide bonds. The molecule has 5 rings (SSSR count). The van der Waals surface area contributed by atoms with E-state index in [1.165, 1.54) is 4.31 Å². The first-order valence-electron chi connectivity index (χ1n) is 10.2. The third-order valence-corrected chi connectivity index (χ3v) is 8.07. The summed E-state index contributed by atoms with van der Waals surface area (Å²) >= 11 is 1.00. The number of rotatable bonds is 5. The molecule has 1 saturated heterocycles. The van der Waals surface area contributed by atoms with E-state index in [0.29, 0.717) is 37.2 Å². The van der Waals surface area contributed by atoms with Crippen LogP contribution in [-0.2, 0) is 14.8 Å². The van der Waals surface area contributed by atoms with Crippen molar-refractivity contribution < 1.29 is 13.2 Å². The second kappa shape index (κ2) is 8.55. The van der Waals surface area contributed by atoms with Gasteiger partial charge in [-0.25, -0.2) is 8.42 Å². The van der Waals surface area contributed by atoms with Crippen molar-refractivity contribution in [3.05, 3.63) is 60.7 Å². The third-order valence-electron chi connectivity index (χ3n) is 5.60. The lowest BCUT2D eigenvalue weighted by molar-refractivity contribution is -0.117. The molecule has 0 saturated carbocycles. The zero-order valence-corrected chi connectivity index (χ0v) is 18.8. The molecule has 8 nitrogen and oxygen atoms in total. The highest BCUT2D eigenvalue weighted by molar-refractivity contribution is 7.89. The number of piperazine rings is 1. The lowest BCUT2D eigenvalue weighted by Crippen LogP contribution is -2.50. The topological polar surface area (TPSA) is 95.5 Å². The molecule has 0 unspecified atom stereocenters. The van der Waals surface area contributed by atoms with Gasteiger partial charge < -0.3 is 5.32 Å². The summed E-state index contributed by atoms with van der Waals surface area (Å²) < 4.78 is 36.0. The Labute approximate surface area is 189 Å². The molecule has 1 aliphatic rings. The average Bonchev–Trinajstić information content (AvgIpc) is 3.28. The molecule has 10 heteroatoms. The Morgan fingerprint density at radius 3 is 2.53 bits per heavy atom. The number of anilines is 1. The van der Waals surface area contributed by atoms with Crippen LogP contribution in [0.5, 0.6) is 0 Å². The summed E-state index contributed by atoms with van der Waals surface area (Å²) in [6.45, 7) is 1.82. The molecule has 0 spiro atoms. The van der Waals surface area contributed by atoms with Crippen molar-refractivity contribution in [2.24, 2.45) is 0 Å². The van der Waals surface area contributed by atoms with Crippen LogP contribution >= 0.6 is 11.7 Å². The average molecular weight is 468 g/mol. The minimum absolute atomic E-state index is 0.116. The quantitative estimate of drug-likeness (QED) is 0.485. The number of aromatic nitrogens is 2.